The number of benzene rings is 2. The Morgan fingerprint density at radius 1 is 1.15 bits per heavy atom. The minimum Gasteiger partial charge on any atom is -0.493 e. The molecule has 1 amide bonds. The van der Waals surface area contributed by atoms with E-state index >= 15 is 0 Å². The Kier molecular flexibility index (Phi) is 5.73. The van der Waals surface area contributed by atoms with E-state index in [1.807, 2.05) is 24.3 Å². The van der Waals surface area contributed by atoms with Gasteiger partial charge in [-0.05, 0) is 23.8 Å². The smallest absolute Gasteiger partial charge is 0.309 e. The second-order valence-electron chi connectivity index (χ2n) is 5.98. The van der Waals surface area contributed by atoms with Crippen molar-refractivity contribution < 1.29 is 23.8 Å². The van der Waals surface area contributed by atoms with Crippen molar-refractivity contribution in [3.05, 3.63) is 59.7 Å². The van der Waals surface area contributed by atoms with Crippen LogP contribution in [0.25, 0.3) is 0 Å². The van der Waals surface area contributed by atoms with Crippen molar-refractivity contribution in [1.82, 2.24) is 5.32 Å². The summed E-state index contributed by atoms with van der Waals surface area (Å²) < 4.78 is 15.7. The number of fused-ring (bicyclic) bond motifs is 1. The number of hydrogen-bond donors (Lipinski definition) is 1. The number of esters is 1. The van der Waals surface area contributed by atoms with Crippen LogP contribution in [-0.4, -0.2) is 32.2 Å². The standard InChI is InChI=1S/C20H21NO5/c1-24-20(23)12-14-6-8-15(9-7-14)26-13-19(22)21-17-10-11-25-18-5-3-2-4-16(17)18/h2-9,17H,10-13H2,1H3,(H,21,22)/t17-/m0/s1. The molecule has 136 valence electrons. The third-order valence-corrected chi connectivity index (χ3v) is 4.16. The first-order valence-corrected chi connectivity index (χ1v) is 8.45. The summed E-state index contributed by atoms with van der Waals surface area (Å²) in [5.41, 5.74) is 1.81. The minimum absolute atomic E-state index is 0.0708. The van der Waals surface area contributed by atoms with Gasteiger partial charge in [0.15, 0.2) is 6.61 Å². The van der Waals surface area contributed by atoms with Gasteiger partial charge in [0.05, 0.1) is 26.2 Å². The van der Waals surface area contributed by atoms with Crippen molar-refractivity contribution in [2.75, 3.05) is 20.3 Å². The predicted octanol–water partition coefficient (Wildman–Crippen LogP) is 2.42. The molecule has 1 atom stereocenters. The molecule has 0 bridgehead atoms. The third kappa shape index (κ3) is 4.53. The van der Waals surface area contributed by atoms with E-state index in [1.54, 1.807) is 24.3 Å². The first kappa shape index (κ1) is 17.8. The maximum atomic E-state index is 12.2. The number of nitrogens with one attached hydrogen (secondary N) is 1. The van der Waals surface area contributed by atoms with Crippen molar-refractivity contribution in [2.45, 2.75) is 18.9 Å². The van der Waals surface area contributed by atoms with Gasteiger partial charge in [0.1, 0.15) is 11.5 Å². The fourth-order valence-electron chi connectivity index (χ4n) is 2.82. The van der Waals surface area contributed by atoms with E-state index in [0.717, 1.165) is 23.3 Å². The number of carbonyl (C=O) groups is 2. The Morgan fingerprint density at radius 3 is 2.69 bits per heavy atom. The molecule has 6 nitrogen and oxygen atoms in total. The Labute approximate surface area is 152 Å². The van der Waals surface area contributed by atoms with Gasteiger partial charge in [0.2, 0.25) is 0 Å². The maximum absolute atomic E-state index is 12.2. The van der Waals surface area contributed by atoms with Gasteiger partial charge in [-0.15, -0.1) is 0 Å². The van der Waals surface area contributed by atoms with Crippen molar-refractivity contribution in [3.8, 4) is 11.5 Å². The lowest BCUT2D eigenvalue weighted by Crippen LogP contribution is -2.35. The zero-order valence-corrected chi connectivity index (χ0v) is 14.6. The van der Waals surface area contributed by atoms with E-state index in [4.69, 9.17) is 9.47 Å². The van der Waals surface area contributed by atoms with Crippen LogP contribution in [0, 0.1) is 0 Å². The summed E-state index contributed by atoms with van der Waals surface area (Å²) in [6.45, 7) is 0.500. The van der Waals surface area contributed by atoms with Crippen LogP contribution < -0.4 is 14.8 Å². The zero-order chi connectivity index (χ0) is 18.4. The normalized spacial score (nSPS) is 15.3. The maximum Gasteiger partial charge on any atom is 0.309 e. The van der Waals surface area contributed by atoms with Gasteiger partial charge in [-0.25, -0.2) is 0 Å². The molecule has 6 heteroatoms. The molecule has 1 heterocycles. The lowest BCUT2D eigenvalue weighted by molar-refractivity contribution is -0.139. The van der Waals surface area contributed by atoms with Crippen LogP contribution >= 0.6 is 0 Å². The van der Waals surface area contributed by atoms with Crippen LogP contribution in [-0.2, 0) is 20.7 Å². The van der Waals surface area contributed by atoms with Crippen LogP contribution in [0.2, 0.25) is 0 Å². The van der Waals surface area contributed by atoms with Crippen LogP contribution in [0.4, 0.5) is 0 Å². The fourth-order valence-corrected chi connectivity index (χ4v) is 2.82. The largest absolute Gasteiger partial charge is 0.493 e. The van der Waals surface area contributed by atoms with Crippen LogP contribution in [0.5, 0.6) is 11.5 Å². The molecule has 0 radical (unpaired) electrons. The monoisotopic (exact) mass is 355 g/mol. The molecule has 0 spiro atoms. The quantitative estimate of drug-likeness (QED) is 0.806. The molecule has 2 aromatic rings. The van der Waals surface area contributed by atoms with Crippen LogP contribution in [0.15, 0.2) is 48.5 Å². The van der Waals surface area contributed by atoms with Crippen LogP contribution in [0.3, 0.4) is 0 Å². The molecule has 0 unspecified atom stereocenters. The Hall–Kier alpha value is -3.02. The number of methoxy groups -OCH3 is 1. The first-order chi connectivity index (χ1) is 12.7. The second-order valence-corrected chi connectivity index (χ2v) is 5.98. The molecule has 3 rings (SSSR count). The van der Waals surface area contributed by atoms with Crippen molar-refractivity contribution >= 4 is 11.9 Å². The van der Waals surface area contributed by atoms with Gasteiger partial charge < -0.3 is 19.5 Å². The SMILES string of the molecule is COC(=O)Cc1ccc(OCC(=O)N[C@H]2CCOc3ccccc32)cc1. The summed E-state index contributed by atoms with van der Waals surface area (Å²) in [7, 11) is 1.36. The van der Waals surface area contributed by atoms with Crippen LogP contribution in [0.1, 0.15) is 23.6 Å². The number of ether oxygens (including phenoxy) is 3. The summed E-state index contributed by atoms with van der Waals surface area (Å²) in [5.74, 6) is 0.896. The number of rotatable bonds is 6. The van der Waals surface area contributed by atoms with E-state index in [1.165, 1.54) is 7.11 Å². The Bertz CT molecular complexity index is 772. The van der Waals surface area contributed by atoms with E-state index < -0.39 is 0 Å². The molecule has 26 heavy (non-hydrogen) atoms. The summed E-state index contributed by atoms with van der Waals surface area (Å²) in [6.07, 6.45) is 0.936. The van der Waals surface area contributed by atoms with Crippen molar-refractivity contribution in [1.29, 1.82) is 0 Å². The van der Waals surface area contributed by atoms with Gasteiger partial charge in [-0.2, -0.15) is 0 Å². The van der Waals surface area contributed by atoms with E-state index in [2.05, 4.69) is 10.1 Å². The summed E-state index contributed by atoms with van der Waals surface area (Å²) in [6, 6.07) is 14.6. The molecule has 0 saturated carbocycles. The summed E-state index contributed by atoms with van der Waals surface area (Å²) in [4.78, 5) is 23.5. The molecule has 1 aliphatic rings. The lowest BCUT2D eigenvalue weighted by atomic mass is 10.0. The highest BCUT2D eigenvalue weighted by molar-refractivity contribution is 5.78. The van der Waals surface area contributed by atoms with Gasteiger partial charge in [-0.3, -0.25) is 9.59 Å². The Morgan fingerprint density at radius 2 is 1.92 bits per heavy atom. The molecule has 0 aliphatic carbocycles. The van der Waals surface area contributed by atoms with Gasteiger partial charge in [0, 0.05) is 12.0 Å². The summed E-state index contributed by atoms with van der Waals surface area (Å²) >= 11 is 0. The predicted molar refractivity (Wildman–Crippen MR) is 95.1 cm³/mol. The second kappa shape index (κ2) is 8.38. The van der Waals surface area contributed by atoms with E-state index in [0.29, 0.717) is 12.4 Å². The molecule has 0 aromatic heterocycles. The summed E-state index contributed by atoms with van der Waals surface area (Å²) in [5, 5.41) is 2.99. The van der Waals surface area contributed by atoms with Crippen molar-refractivity contribution in [3.63, 3.8) is 0 Å². The van der Waals surface area contributed by atoms with Crippen molar-refractivity contribution in [2.24, 2.45) is 0 Å². The topological polar surface area (TPSA) is 73.9 Å². The van der Waals surface area contributed by atoms with Gasteiger partial charge >= 0.3 is 5.97 Å². The third-order valence-electron chi connectivity index (χ3n) is 4.16. The zero-order valence-electron chi connectivity index (χ0n) is 14.6. The van der Waals surface area contributed by atoms with Gasteiger partial charge in [-0.1, -0.05) is 30.3 Å². The average molecular weight is 355 g/mol. The molecular formula is C20H21NO5. The number of carbonyl (C=O) groups excluding carboxylic acids is 2. The number of para-hydroxylation sites is 1. The highest BCUT2D eigenvalue weighted by Crippen LogP contribution is 2.31. The number of hydrogen-bond acceptors (Lipinski definition) is 5. The van der Waals surface area contributed by atoms with E-state index in [9.17, 15) is 9.59 Å². The average Bonchev–Trinajstić information content (AvgIpc) is 2.67. The van der Waals surface area contributed by atoms with Gasteiger partial charge in [0.25, 0.3) is 5.91 Å². The molecule has 1 aliphatic heterocycles. The molecule has 0 fully saturated rings. The highest BCUT2D eigenvalue weighted by atomic mass is 16.5. The molecule has 0 saturated heterocycles. The Balaban J connectivity index is 1.51. The lowest BCUT2D eigenvalue weighted by Gasteiger charge is -2.26. The minimum atomic E-state index is -0.296. The molecule has 2 aromatic carbocycles. The number of amides is 1. The fraction of sp³-hybridized carbons (Fsp3) is 0.300. The van der Waals surface area contributed by atoms with E-state index in [-0.39, 0.29) is 30.9 Å². The first-order valence-electron chi connectivity index (χ1n) is 8.45. The highest BCUT2D eigenvalue weighted by Gasteiger charge is 2.22. The molecular weight excluding hydrogens is 334 g/mol. The molecule has 1 N–H and O–H groups in total.